The molecule has 2 aromatic rings. The Kier molecular flexibility index (Phi) is 8.43. The van der Waals surface area contributed by atoms with Crippen molar-refractivity contribution in [2.75, 3.05) is 11.9 Å². The van der Waals surface area contributed by atoms with Gasteiger partial charge in [0.1, 0.15) is 0 Å². The normalized spacial score (nSPS) is 10.9. The number of hydrogen-bond donors (Lipinski definition) is 4. The molecule has 0 spiro atoms. The summed E-state index contributed by atoms with van der Waals surface area (Å²) >= 11 is 5.25. The van der Waals surface area contributed by atoms with Crippen molar-refractivity contribution in [3.63, 3.8) is 0 Å². The number of carboxylic acids is 1. The number of carbonyl (C=O) groups excluding carboxylic acids is 1. The van der Waals surface area contributed by atoms with Crippen molar-refractivity contribution in [1.29, 1.82) is 0 Å². The van der Waals surface area contributed by atoms with E-state index in [-0.39, 0.29) is 13.0 Å². The molecule has 0 aliphatic heterocycles. The summed E-state index contributed by atoms with van der Waals surface area (Å²) in [4.78, 5) is 25.8. The molecule has 0 unspecified atom stereocenters. The highest BCUT2D eigenvalue weighted by Gasteiger charge is 2.16. The Labute approximate surface area is 172 Å². The Balaban J connectivity index is 1.87. The number of nitrogens with zero attached hydrogens (tertiary/aromatic N) is 3. The molecule has 0 saturated carbocycles. The molecule has 0 fully saturated rings. The number of thiocarbonyl (C=S) groups is 1. The van der Waals surface area contributed by atoms with Gasteiger partial charge in [0, 0.05) is 35.3 Å². The summed E-state index contributed by atoms with van der Waals surface area (Å²) in [6.07, 6.45) is -0.335. The average molecular weight is 412 g/mol. The summed E-state index contributed by atoms with van der Waals surface area (Å²) in [5, 5.41) is 21.4. The molecular weight excluding hydrogens is 392 g/mol. The minimum absolute atomic E-state index is 0.137. The van der Waals surface area contributed by atoms with Gasteiger partial charge in [-0.05, 0) is 47.6 Å². The molecule has 0 radical (unpaired) electrons. The van der Waals surface area contributed by atoms with E-state index in [2.05, 4.69) is 26.0 Å². The molecular formula is C19H20N6O3S. The fourth-order valence-electron chi connectivity index (χ4n) is 2.43. The molecule has 0 aromatic heterocycles. The number of benzene rings is 2. The van der Waals surface area contributed by atoms with Gasteiger partial charge in [0.05, 0.1) is 6.42 Å². The van der Waals surface area contributed by atoms with Gasteiger partial charge in [-0.2, -0.15) is 0 Å². The quantitative estimate of drug-likeness (QED) is 0.216. The first-order valence-corrected chi connectivity index (χ1v) is 9.11. The van der Waals surface area contributed by atoms with Gasteiger partial charge in [-0.1, -0.05) is 35.4 Å². The van der Waals surface area contributed by atoms with Gasteiger partial charge in [0.25, 0.3) is 5.91 Å². The van der Waals surface area contributed by atoms with Crippen LogP contribution in [0.3, 0.4) is 0 Å². The number of hydrogen-bond acceptors (Lipinski definition) is 4. The molecule has 0 aliphatic carbocycles. The SMILES string of the molecule is [N-]=[N+]=NC[C@H](CC(=O)O)NC(=O)c1ccc(CNC(=S)Nc2ccccc2)cc1. The maximum atomic E-state index is 12.3. The number of carboxylic acid groups (broad SMARTS) is 1. The van der Waals surface area contributed by atoms with Gasteiger partial charge < -0.3 is 21.1 Å². The predicted octanol–water partition coefficient (Wildman–Crippen LogP) is 3.06. The lowest BCUT2D eigenvalue weighted by molar-refractivity contribution is -0.137. The summed E-state index contributed by atoms with van der Waals surface area (Å²) < 4.78 is 0. The van der Waals surface area contributed by atoms with Crippen molar-refractivity contribution < 1.29 is 14.7 Å². The maximum absolute atomic E-state index is 12.3. The Morgan fingerprint density at radius 1 is 1.14 bits per heavy atom. The monoisotopic (exact) mass is 412 g/mol. The second kappa shape index (κ2) is 11.3. The van der Waals surface area contributed by atoms with Crippen LogP contribution in [0, 0.1) is 0 Å². The molecule has 0 aliphatic rings. The summed E-state index contributed by atoms with van der Waals surface area (Å²) in [5.74, 6) is -1.53. The van der Waals surface area contributed by atoms with E-state index in [9.17, 15) is 9.59 Å². The van der Waals surface area contributed by atoms with Crippen molar-refractivity contribution in [3.05, 3.63) is 76.2 Å². The van der Waals surface area contributed by atoms with Gasteiger partial charge in [0.15, 0.2) is 5.11 Å². The Hall–Kier alpha value is -3.62. The van der Waals surface area contributed by atoms with Crippen molar-refractivity contribution in [2.24, 2.45) is 5.11 Å². The zero-order chi connectivity index (χ0) is 21.1. The molecule has 1 atom stereocenters. The van der Waals surface area contributed by atoms with Crippen LogP contribution in [0.1, 0.15) is 22.3 Å². The maximum Gasteiger partial charge on any atom is 0.305 e. The van der Waals surface area contributed by atoms with Gasteiger partial charge >= 0.3 is 5.97 Å². The number of amides is 1. The number of nitrogens with one attached hydrogen (secondary N) is 3. The third-order valence-corrected chi connectivity index (χ3v) is 4.07. The predicted molar refractivity (Wildman–Crippen MR) is 113 cm³/mol. The van der Waals surface area contributed by atoms with E-state index in [1.165, 1.54) is 0 Å². The average Bonchev–Trinajstić information content (AvgIpc) is 2.71. The molecule has 1 amide bonds. The molecule has 2 rings (SSSR count). The molecule has 150 valence electrons. The zero-order valence-electron chi connectivity index (χ0n) is 15.4. The van der Waals surface area contributed by atoms with Crippen LogP contribution >= 0.6 is 12.2 Å². The molecule has 4 N–H and O–H groups in total. The Bertz CT molecular complexity index is 894. The number of anilines is 1. The minimum atomic E-state index is -1.09. The lowest BCUT2D eigenvalue weighted by Crippen LogP contribution is -2.38. The van der Waals surface area contributed by atoms with Crippen molar-refractivity contribution in [1.82, 2.24) is 10.6 Å². The summed E-state index contributed by atoms with van der Waals surface area (Å²) in [7, 11) is 0. The topological polar surface area (TPSA) is 139 Å². The first-order valence-electron chi connectivity index (χ1n) is 8.70. The van der Waals surface area contributed by atoms with Gasteiger partial charge in [0.2, 0.25) is 0 Å². The third kappa shape index (κ3) is 7.87. The summed E-state index contributed by atoms with van der Waals surface area (Å²) in [5.41, 5.74) is 10.5. The van der Waals surface area contributed by atoms with E-state index >= 15 is 0 Å². The lowest BCUT2D eigenvalue weighted by atomic mass is 10.1. The second-order valence-electron chi connectivity index (χ2n) is 6.05. The molecule has 10 heteroatoms. The standard InChI is InChI=1S/C19H20N6O3S/c20-25-22-12-16(10-17(26)27)23-18(28)14-8-6-13(7-9-14)11-21-19(29)24-15-4-2-1-3-5-15/h1-9,16H,10-12H2,(H,23,28)(H,26,27)(H2,21,24,29)/t16-/m0/s1. The van der Waals surface area contributed by atoms with E-state index in [0.29, 0.717) is 17.2 Å². The highest BCUT2D eigenvalue weighted by atomic mass is 32.1. The fourth-order valence-corrected chi connectivity index (χ4v) is 2.62. The van der Waals surface area contributed by atoms with Gasteiger partial charge in [-0.15, -0.1) is 0 Å². The first kappa shape index (κ1) is 21.7. The number of azide groups is 1. The van der Waals surface area contributed by atoms with E-state index in [1.807, 2.05) is 30.3 Å². The van der Waals surface area contributed by atoms with E-state index in [4.69, 9.17) is 22.9 Å². The lowest BCUT2D eigenvalue weighted by Gasteiger charge is -2.15. The van der Waals surface area contributed by atoms with Crippen LogP contribution in [-0.4, -0.2) is 34.7 Å². The van der Waals surface area contributed by atoms with E-state index < -0.39 is 17.9 Å². The zero-order valence-corrected chi connectivity index (χ0v) is 16.2. The summed E-state index contributed by atoms with van der Waals surface area (Å²) in [6.45, 7) is 0.335. The first-order chi connectivity index (χ1) is 14.0. The second-order valence-corrected chi connectivity index (χ2v) is 6.46. The molecule has 0 saturated heterocycles. The van der Waals surface area contributed by atoms with Gasteiger partial charge in [-0.3, -0.25) is 9.59 Å². The number of para-hydroxylation sites is 1. The molecule has 9 nitrogen and oxygen atoms in total. The minimum Gasteiger partial charge on any atom is -0.481 e. The van der Waals surface area contributed by atoms with E-state index in [1.54, 1.807) is 24.3 Å². The number of aliphatic carboxylic acids is 1. The highest BCUT2D eigenvalue weighted by Crippen LogP contribution is 2.07. The molecule has 29 heavy (non-hydrogen) atoms. The summed E-state index contributed by atoms with van der Waals surface area (Å²) in [6, 6.07) is 15.6. The molecule has 2 aromatic carbocycles. The Morgan fingerprint density at radius 2 is 1.83 bits per heavy atom. The van der Waals surface area contributed by atoms with Gasteiger partial charge in [-0.25, -0.2) is 0 Å². The number of rotatable bonds is 9. The van der Waals surface area contributed by atoms with Crippen LogP contribution in [0.5, 0.6) is 0 Å². The van der Waals surface area contributed by atoms with Crippen LogP contribution in [0.15, 0.2) is 59.7 Å². The smallest absolute Gasteiger partial charge is 0.305 e. The van der Waals surface area contributed by atoms with Crippen molar-refractivity contribution in [2.45, 2.75) is 19.0 Å². The number of carbonyl (C=O) groups is 2. The van der Waals surface area contributed by atoms with Crippen LogP contribution in [0.2, 0.25) is 0 Å². The van der Waals surface area contributed by atoms with Crippen LogP contribution in [0.25, 0.3) is 10.4 Å². The van der Waals surface area contributed by atoms with Crippen LogP contribution in [0.4, 0.5) is 5.69 Å². The largest absolute Gasteiger partial charge is 0.481 e. The van der Waals surface area contributed by atoms with Crippen LogP contribution < -0.4 is 16.0 Å². The van der Waals surface area contributed by atoms with Crippen molar-refractivity contribution in [3.8, 4) is 0 Å². The molecule has 0 heterocycles. The Morgan fingerprint density at radius 3 is 2.45 bits per heavy atom. The third-order valence-electron chi connectivity index (χ3n) is 3.82. The van der Waals surface area contributed by atoms with E-state index in [0.717, 1.165) is 11.3 Å². The fraction of sp³-hybridized carbons (Fsp3) is 0.211. The molecule has 0 bridgehead atoms. The van der Waals surface area contributed by atoms with Crippen molar-refractivity contribution >= 4 is 34.9 Å². The van der Waals surface area contributed by atoms with Crippen LogP contribution in [-0.2, 0) is 11.3 Å². The highest BCUT2D eigenvalue weighted by molar-refractivity contribution is 7.80.